The van der Waals surface area contributed by atoms with Crippen LogP contribution in [0.2, 0.25) is 10.0 Å². The fourth-order valence-electron chi connectivity index (χ4n) is 1.06. The maximum atomic E-state index is 11.5. The van der Waals surface area contributed by atoms with Crippen LogP contribution in [0.1, 0.15) is 13.3 Å². The van der Waals surface area contributed by atoms with Crippen LogP contribution >= 0.6 is 23.2 Å². The van der Waals surface area contributed by atoms with Crippen LogP contribution < -0.4 is 11.1 Å². The van der Waals surface area contributed by atoms with Crippen molar-refractivity contribution in [1.29, 1.82) is 0 Å². The molecule has 0 aliphatic heterocycles. The third kappa shape index (κ3) is 3.01. The van der Waals surface area contributed by atoms with Gasteiger partial charge in [-0.25, -0.2) is 0 Å². The Hall–Kier alpha value is -0.970. The molecule has 1 atom stereocenters. The van der Waals surface area contributed by atoms with Gasteiger partial charge in [-0.2, -0.15) is 0 Å². The first kappa shape index (κ1) is 13.1. The molecule has 0 unspecified atom stereocenters. The summed E-state index contributed by atoms with van der Waals surface area (Å²) in [6.07, 6.45) is 0.533. The van der Waals surface area contributed by atoms with Crippen LogP contribution in [0.25, 0.3) is 0 Å². The minimum absolute atomic E-state index is 0.0767. The zero-order chi connectivity index (χ0) is 12.3. The number of aromatic hydroxyl groups is 1. The number of carbonyl (C=O) groups is 1. The summed E-state index contributed by atoms with van der Waals surface area (Å²) in [7, 11) is 0. The number of carbonyl (C=O) groups excluding carboxylic acids is 1. The van der Waals surface area contributed by atoms with Crippen molar-refractivity contribution < 1.29 is 9.90 Å². The Bertz CT molecular complexity index is 387. The van der Waals surface area contributed by atoms with E-state index < -0.39 is 6.04 Å². The zero-order valence-electron chi connectivity index (χ0n) is 8.63. The summed E-state index contributed by atoms with van der Waals surface area (Å²) in [5, 5.41) is 12.0. The summed E-state index contributed by atoms with van der Waals surface area (Å²) in [4.78, 5) is 11.5. The summed E-state index contributed by atoms with van der Waals surface area (Å²) < 4.78 is 0. The Morgan fingerprint density at radius 3 is 2.44 bits per heavy atom. The van der Waals surface area contributed by atoms with Gasteiger partial charge in [0, 0.05) is 5.69 Å². The van der Waals surface area contributed by atoms with Crippen LogP contribution in [-0.2, 0) is 4.79 Å². The van der Waals surface area contributed by atoms with Crippen LogP contribution in [0.4, 0.5) is 5.69 Å². The second-order valence-electron chi connectivity index (χ2n) is 3.29. The highest BCUT2D eigenvalue weighted by Gasteiger charge is 2.13. The molecule has 0 aliphatic carbocycles. The largest absolute Gasteiger partial charge is 0.505 e. The smallest absolute Gasteiger partial charge is 0.241 e. The standard InChI is InChI=1S/C10H12Cl2N2O2/c1-2-8(13)10(16)14-5-3-6(11)9(15)7(12)4-5/h3-4,8,15H,2,13H2,1H3,(H,14,16)/t8-/m0/s1. The van der Waals surface area contributed by atoms with E-state index in [9.17, 15) is 9.90 Å². The first-order valence-corrected chi connectivity index (χ1v) is 5.45. The predicted molar refractivity (Wildman–Crippen MR) is 65.0 cm³/mol. The minimum Gasteiger partial charge on any atom is -0.505 e. The van der Waals surface area contributed by atoms with Gasteiger partial charge in [-0.3, -0.25) is 4.79 Å². The van der Waals surface area contributed by atoms with Crippen LogP contribution in [0.15, 0.2) is 12.1 Å². The molecule has 0 heterocycles. The number of hydrogen-bond acceptors (Lipinski definition) is 3. The lowest BCUT2D eigenvalue weighted by atomic mass is 10.2. The van der Waals surface area contributed by atoms with Gasteiger partial charge in [0.1, 0.15) is 0 Å². The van der Waals surface area contributed by atoms with E-state index in [1.165, 1.54) is 12.1 Å². The van der Waals surface area contributed by atoms with Crippen molar-refractivity contribution in [2.24, 2.45) is 5.73 Å². The number of phenolic OH excluding ortho intramolecular Hbond substituents is 1. The van der Waals surface area contributed by atoms with E-state index in [1.54, 1.807) is 6.92 Å². The number of amides is 1. The van der Waals surface area contributed by atoms with Crippen molar-refractivity contribution in [3.63, 3.8) is 0 Å². The van der Waals surface area contributed by atoms with E-state index >= 15 is 0 Å². The number of phenols is 1. The average molecular weight is 263 g/mol. The first-order chi connectivity index (χ1) is 7.45. The van der Waals surface area contributed by atoms with Crippen molar-refractivity contribution in [1.82, 2.24) is 0 Å². The van der Waals surface area contributed by atoms with Gasteiger partial charge in [0.15, 0.2) is 5.75 Å². The molecular weight excluding hydrogens is 251 g/mol. The van der Waals surface area contributed by atoms with Gasteiger partial charge in [0.25, 0.3) is 0 Å². The second kappa shape index (κ2) is 5.39. The molecular formula is C10H12Cl2N2O2. The van der Waals surface area contributed by atoms with Crippen molar-refractivity contribution >= 4 is 34.8 Å². The molecule has 0 saturated heterocycles. The van der Waals surface area contributed by atoms with Crippen LogP contribution in [0, 0.1) is 0 Å². The van der Waals surface area contributed by atoms with Gasteiger partial charge in [-0.1, -0.05) is 30.1 Å². The van der Waals surface area contributed by atoms with Crippen LogP contribution in [0.5, 0.6) is 5.75 Å². The van der Waals surface area contributed by atoms with Crippen LogP contribution in [-0.4, -0.2) is 17.1 Å². The number of rotatable bonds is 3. The summed E-state index contributed by atoms with van der Waals surface area (Å²) >= 11 is 11.4. The fourth-order valence-corrected chi connectivity index (χ4v) is 1.55. The quantitative estimate of drug-likeness (QED) is 0.733. The molecule has 0 fully saturated rings. The highest BCUT2D eigenvalue weighted by Crippen LogP contribution is 2.34. The number of nitrogens with one attached hydrogen (secondary N) is 1. The molecule has 88 valence electrons. The molecule has 6 heteroatoms. The van der Waals surface area contributed by atoms with E-state index in [0.29, 0.717) is 12.1 Å². The lowest BCUT2D eigenvalue weighted by Gasteiger charge is -2.11. The summed E-state index contributed by atoms with van der Waals surface area (Å²) in [5.74, 6) is -0.526. The van der Waals surface area contributed by atoms with Crippen molar-refractivity contribution in [3.05, 3.63) is 22.2 Å². The molecule has 16 heavy (non-hydrogen) atoms. The third-order valence-corrected chi connectivity index (χ3v) is 2.64. The molecule has 1 rings (SSSR count). The molecule has 4 nitrogen and oxygen atoms in total. The molecule has 0 radical (unpaired) electrons. The van der Waals surface area contributed by atoms with Crippen molar-refractivity contribution in [2.45, 2.75) is 19.4 Å². The average Bonchev–Trinajstić information content (AvgIpc) is 2.24. The Morgan fingerprint density at radius 1 is 1.50 bits per heavy atom. The lowest BCUT2D eigenvalue weighted by molar-refractivity contribution is -0.117. The Kier molecular flexibility index (Phi) is 4.41. The zero-order valence-corrected chi connectivity index (χ0v) is 10.1. The second-order valence-corrected chi connectivity index (χ2v) is 4.11. The van der Waals surface area contributed by atoms with Crippen molar-refractivity contribution in [3.8, 4) is 5.75 Å². The summed E-state index contributed by atoms with van der Waals surface area (Å²) in [5.41, 5.74) is 5.95. The molecule has 0 bridgehead atoms. The van der Waals surface area contributed by atoms with Crippen molar-refractivity contribution in [2.75, 3.05) is 5.32 Å². The maximum Gasteiger partial charge on any atom is 0.241 e. The van der Waals surface area contributed by atoms with E-state index in [-0.39, 0.29) is 21.7 Å². The number of benzene rings is 1. The molecule has 0 saturated carbocycles. The minimum atomic E-state index is -0.577. The number of anilines is 1. The normalized spacial score (nSPS) is 12.2. The Labute approximate surface area is 103 Å². The highest BCUT2D eigenvalue weighted by atomic mass is 35.5. The number of hydrogen-bond donors (Lipinski definition) is 3. The molecule has 1 aromatic carbocycles. The van der Waals surface area contributed by atoms with Gasteiger partial charge < -0.3 is 16.2 Å². The third-order valence-electron chi connectivity index (χ3n) is 2.06. The molecule has 0 aromatic heterocycles. The molecule has 4 N–H and O–H groups in total. The fraction of sp³-hybridized carbons (Fsp3) is 0.300. The topological polar surface area (TPSA) is 75.4 Å². The number of halogens is 2. The van der Waals surface area contributed by atoms with Crippen LogP contribution in [0.3, 0.4) is 0 Å². The van der Waals surface area contributed by atoms with E-state index in [1.807, 2.05) is 0 Å². The Morgan fingerprint density at radius 2 is 2.00 bits per heavy atom. The lowest BCUT2D eigenvalue weighted by Crippen LogP contribution is -2.34. The summed E-state index contributed by atoms with van der Waals surface area (Å²) in [6.45, 7) is 1.81. The summed E-state index contributed by atoms with van der Waals surface area (Å²) in [6, 6.07) is 2.23. The molecule has 0 aliphatic rings. The van der Waals surface area contributed by atoms with E-state index in [2.05, 4.69) is 5.32 Å². The van der Waals surface area contributed by atoms with Gasteiger partial charge >= 0.3 is 0 Å². The monoisotopic (exact) mass is 262 g/mol. The Balaban J connectivity index is 2.87. The molecule has 1 amide bonds. The SMILES string of the molecule is CC[C@H](N)C(=O)Nc1cc(Cl)c(O)c(Cl)c1. The highest BCUT2D eigenvalue weighted by molar-refractivity contribution is 6.37. The van der Waals surface area contributed by atoms with Gasteiger partial charge in [0.05, 0.1) is 16.1 Å². The van der Waals surface area contributed by atoms with E-state index in [4.69, 9.17) is 28.9 Å². The van der Waals surface area contributed by atoms with Gasteiger partial charge in [-0.05, 0) is 18.6 Å². The predicted octanol–water partition coefficient (Wildman–Crippen LogP) is 2.37. The van der Waals surface area contributed by atoms with Gasteiger partial charge in [-0.15, -0.1) is 0 Å². The van der Waals surface area contributed by atoms with E-state index in [0.717, 1.165) is 0 Å². The molecule has 0 spiro atoms. The maximum absolute atomic E-state index is 11.5. The molecule has 1 aromatic rings. The first-order valence-electron chi connectivity index (χ1n) is 4.70. The van der Waals surface area contributed by atoms with Gasteiger partial charge in [0.2, 0.25) is 5.91 Å². The number of nitrogens with two attached hydrogens (primary N) is 1.